The van der Waals surface area contributed by atoms with Crippen LogP contribution in [0.25, 0.3) is 33.2 Å². The number of likely N-dealkylation sites (tertiary alicyclic amines) is 1. The van der Waals surface area contributed by atoms with Gasteiger partial charge in [0.15, 0.2) is 0 Å². The van der Waals surface area contributed by atoms with Gasteiger partial charge in [0.25, 0.3) is 6.43 Å². The first-order chi connectivity index (χ1) is 17.3. The van der Waals surface area contributed by atoms with Crippen molar-refractivity contribution in [1.82, 2.24) is 29.4 Å². The second-order valence-corrected chi connectivity index (χ2v) is 10.3. The fourth-order valence-corrected chi connectivity index (χ4v) is 5.97. The highest BCUT2D eigenvalue weighted by Gasteiger charge is 2.46. The van der Waals surface area contributed by atoms with Gasteiger partial charge in [-0.2, -0.15) is 4.98 Å². The number of rotatable bonds is 5. The molecule has 0 radical (unpaired) electrons. The number of aromatic nitrogens is 5. The molecule has 4 aromatic rings. The first-order valence-corrected chi connectivity index (χ1v) is 12.4. The van der Waals surface area contributed by atoms with Crippen LogP contribution in [0, 0.1) is 12.3 Å². The minimum atomic E-state index is -2.45. The molecule has 1 spiro atoms. The van der Waals surface area contributed by atoms with Gasteiger partial charge in [-0.05, 0) is 55.7 Å². The predicted octanol–water partition coefficient (Wildman–Crippen LogP) is 4.75. The molecule has 2 N–H and O–H groups in total. The number of alkyl halides is 2. The van der Waals surface area contributed by atoms with Crippen LogP contribution in [0.4, 0.5) is 14.7 Å². The number of amides is 1. The average Bonchev–Trinajstić information content (AvgIpc) is 3.38. The van der Waals surface area contributed by atoms with Crippen molar-refractivity contribution in [1.29, 1.82) is 0 Å². The highest BCUT2D eigenvalue weighted by atomic mass is 19.3. The summed E-state index contributed by atoms with van der Waals surface area (Å²) in [6, 6.07) is 6.04. The monoisotopic (exact) mass is 493 g/mol. The smallest absolute Gasteiger partial charge is 0.256 e. The number of benzene rings is 1. The van der Waals surface area contributed by atoms with E-state index < -0.39 is 6.43 Å². The van der Waals surface area contributed by atoms with Crippen LogP contribution in [0.2, 0.25) is 0 Å². The Morgan fingerprint density at radius 1 is 1.25 bits per heavy atom. The number of carbonyl (C=O) groups is 1. The van der Waals surface area contributed by atoms with Gasteiger partial charge in [0.1, 0.15) is 11.5 Å². The van der Waals surface area contributed by atoms with Gasteiger partial charge in [-0.3, -0.25) is 4.79 Å². The van der Waals surface area contributed by atoms with Crippen LogP contribution in [0.1, 0.15) is 38.4 Å². The van der Waals surface area contributed by atoms with Crippen molar-refractivity contribution in [2.45, 2.75) is 58.5 Å². The van der Waals surface area contributed by atoms with Crippen LogP contribution in [0.3, 0.4) is 0 Å². The van der Waals surface area contributed by atoms with Crippen LogP contribution >= 0.6 is 0 Å². The predicted molar refractivity (Wildman–Crippen MR) is 134 cm³/mol. The van der Waals surface area contributed by atoms with Crippen LogP contribution < -0.4 is 5.32 Å². The number of imidazole rings is 1. The molecule has 1 saturated carbocycles. The summed E-state index contributed by atoms with van der Waals surface area (Å²) in [6.45, 7) is 4.71. The van der Waals surface area contributed by atoms with E-state index in [1.807, 2.05) is 35.5 Å². The fourth-order valence-electron chi connectivity index (χ4n) is 5.97. The summed E-state index contributed by atoms with van der Waals surface area (Å²) in [7, 11) is 0. The number of halogens is 2. The van der Waals surface area contributed by atoms with E-state index >= 15 is 0 Å². The second-order valence-electron chi connectivity index (χ2n) is 10.3. The Kier molecular flexibility index (Phi) is 5.42. The molecular weight excluding hydrogens is 464 g/mol. The molecule has 1 aliphatic carbocycles. The number of hydrogen-bond donors (Lipinski definition) is 2. The van der Waals surface area contributed by atoms with Crippen molar-refractivity contribution in [3.8, 4) is 11.1 Å². The summed E-state index contributed by atoms with van der Waals surface area (Å²) < 4.78 is 27.8. The Bertz CT molecular complexity index is 1440. The molecule has 36 heavy (non-hydrogen) atoms. The Labute approximate surface area is 207 Å². The summed E-state index contributed by atoms with van der Waals surface area (Å²) in [4.78, 5) is 30.4. The number of aromatic amines is 1. The number of carbonyl (C=O) groups excluding carboxylic acids is 1. The second kappa shape index (κ2) is 8.53. The van der Waals surface area contributed by atoms with E-state index in [1.54, 1.807) is 18.4 Å². The van der Waals surface area contributed by atoms with E-state index in [0.717, 1.165) is 60.9 Å². The van der Waals surface area contributed by atoms with Crippen molar-refractivity contribution in [2.24, 2.45) is 5.41 Å². The zero-order valence-electron chi connectivity index (χ0n) is 20.4. The molecule has 1 amide bonds. The number of nitrogens with zero attached hydrogens (tertiary/aromatic N) is 5. The van der Waals surface area contributed by atoms with Gasteiger partial charge in [0, 0.05) is 49.4 Å². The van der Waals surface area contributed by atoms with Gasteiger partial charge in [0.2, 0.25) is 11.9 Å². The Morgan fingerprint density at radius 2 is 2.03 bits per heavy atom. The molecule has 3 aromatic heterocycles. The summed E-state index contributed by atoms with van der Waals surface area (Å²) >= 11 is 0. The lowest BCUT2D eigenvalue weighted by Crippen LogP contribution is -2.52. The third kappa shape index (κ3) is 3.98. The lowest BCUT2D eigenvalue weighted by molar-refractivity contribution is -0.132. The number of piperidine rings is 1. The molecule has 2 fully saturated rings. The SMILES string of the molecule is CC(=O)N1CCC2(CC1)CC(Nc1ncc3c(-c4ccc5nc(C)n(CC(F)F)c5c4)c[nH]c3n1)C2. The topological polar surface area (TPSA) is 91.7 Å². The normalized spacial score (nSPS) is 17.9. The van der Waals surface area contributed by atoms with Crippen molar-refractivity contribution in [3.63, 3.8) is 0 Å². The number of H-pyrrole nitrogens is 1. The van der Waals surface area contributed by atoms with Crippen molar-refractivity contribution in [3.05, 3.63) is 36.4 Å². The number of aryl methyl sites for hydroxylation is 1. The highest BCUT2D eigenvalue weighted by molar-refractivity contribution is 5.95. The summed E-state index contributed by atoms with van der Waals surface area (Å²) in [5, 5.41) is 4.35. The molecule has 8 nitrogen and oxygen atoms in total. The van der Waals surface area contributed by atoms with Crippen molar-refractivity contribution >= 4 is 33.9 Å². The Balaban J connectivity index is 1.18. The van der Waals surface area contributed by atoms with Gasteiger partial charge in [0.05, 0.1) is 17.6 Å². The molecule has 0 atom stereocenters. The van der Waals surface area contributed by atoms with E-state index in [2.05, 4.69) is 25.3 Å². The minimum absolute atomic E-state index is 0.166. The molecule has 1 aliphatic heterocycles. The summed E-state index contributed by atoms with van der Waals surface area (Å²) in [6.07, 6.45) is 5.50. The highest BCUT2D eigenvalue weighted by Crippen LogP contribution is 2.49. The largest absolute Gasteiger partial charge is 0.351 e. The van der Waals surface area contributed by atoms with Gasteiger partial charge in [-0.15, -0.1) is 0 Å². The molecule has 0 bridgehead atoms. The Morgan fingerprint density at radius 3 is 2.75 bits per heavy atom. The zero-order valence-corrected chi connectivity index (χ0v) is 20.4. The van der Waals surface area contributed by atoms with Gasteiger partial charge in [-0.1, -0.05) is 6.07 Å². The maximum Gasteiger partial charge on any atom is 0.256 e. The van der Waals surface area contributed by atoms with Crippen molar-refractivity contribution < 1.29 is 13.6 Å². The van der Waals surface area contributed by atoms with Crippen molar-refractivity contribution in [2.75, 3.05) is 18.4 Å². The quantitative estimate of drug-likeness (QED) is 0.419. The fraction of sp³-hybridized carbons (Fsp3) is 0.462. The molecule has 0 unspecified atom stereocenters. The molecule has 10 heteroatoms. The third-order valence-corrected chi connectivity index (χ3v) is 7.96. The van der Waals surface area contributed by atoms with E-state index in [0.29, 0.717) is 34.3 Å². The average molecular weight is 494 g/mol. The van der Waals surface area contributed by atoms with Gasteiger partial charge >= 0.3 is 0 Å². The molecule has 2 aliphatic rings. The summed E-state index contributed by atoms with van der Waals surface area (Å²) in [5.41, 5.74) is 4.26. The number of fused-ring (bicyclic) bond motifs is 2. The number of hydrogen-bond acceptors (Lipinski definition) is 5. The van der Waals surface area contributed by atoms with Gasteiger partial charge in [-0.25, -0.2) is 18.7 Å². The van der Waals surface area contributed by atoms with Crippen LogP contribution in [0.5, 0.6) is 0 Å². The first kappa shape index (κ1) is 22.9. The van der Waals surface area contributed by atoms with E-state index in [4.69, 9.17) is 0 Å². The maximum absolute atomic E-state index is 13.1. The van der Waals surface area contributed by atoms with Crippen LogP contribution in [-0.4, -0.2) is 60.9 Å². The zero-order chi connectivity index (χ0) is 25.0. The number of anilines is 1. The van der Waals surface area contributed by atoms with Crippen LogP contribution in [0.15, 0.2) is 30.6 Å². The van der Waals surface area contributed by atoms with Gasteiger partial charge < -0.3 is 19.8 Å². The van der Waals surface area contributed by atoms with Crippen LogP contribution in [-0.2, 0) is 11.3 Å². The molecule has 1 aromatic carbocycles. The van der Waals surface area contributed by atoms with E-state index in [9.17, 15) is 13.6 Å². The molecular formula is C26H29F2N7O. The first-order valence-electron chi connectivity index (χ1n) is 12.4. The molecule has 188 valence electrons. The molecule has 1 saturated heterocycles. The lowest BCUT2D eigenvalue weighted by atomic mass is 9.60. The molecule has 4 heterocycles. The lowest BCUT2D eigenvalue weighted by Gasteiger charge is -2.52. The Hall–Kier alpha value is -3.56. The summed E-state index contributed by atoms with van der Waals surface area (Å²) in [5.74, 6) is 1.33. The maximum atomic E-state index is 13.1. The molecule has 6 rings (SSSR count). The number of nitrogens with one attached hydrogen (secondary N) is 2. The minimum Gasteiger partial charge on any atom is -0.351 e. The standard InChI is InChI=1S/C26H29F2N7O/c1-15-31-21-4-3-17(9-22(21)35(15)14-23(27)28)19-12-29-24-20(19)13-30-25(33-24)32-18-10-26(11-18)5-7-34(8-6-26)16(2)36/h3-4,9,12-13,18,23H,5-8,10-11,14H2,1-2H3,(H2,29,30,32,33). The third-order valence-electron chi connectivity index (χ3n) is 7.96. The van der Waals surface area contributed by atoms with E-state index in [-0.39, 0.29) is 12.5 Å². The van der Waals surface area contributed by atoms with E-state index in [1.165, 1.54) is 0 Å².